The van der Waals surface area contributed by atoms with E-state index in [-0.39, 0.29) is 24.7 Å². The number of rotatable bonds is 5. The van der Waals surface area contributed by atoms with Gasteiger partial charge in [0, 0.05) is 37.3 Å². The fourth-order valence-electron chi connectivity index (χ4n) is 5.28. The van der Waals surface area contributed by atoms with E-state index in [1.165, 1.54) is 5.70 Å². The number of fused-ring (bicyclic) bond motifs is 1. The first-order valence-corrected chi connectivity index (χ1v) is 11.4. The van der Waals surface area contributed by atoms with Crippen LogP contribution in [0.3, 0.4) is 0 Å². The molecule has 5 atom stereocenters. The highest BCUT2D eigenvalue weighted by Crippen LogP contribution is 2.35. The molecule has 176 valence electrons. The van der Waals surface area contributed by atoms with E-state index in [4.69, 9.17) is 0 Å². The summed E-state index contributed by atoms with van der Waals surface area (Å²) in [5.41, 5.74) is 0.608. The predicted molar refractivity (Wildman–Crippen MR) is 114 cm³/mol. The normalized spacial score (nSPS) is 30.6. The number of nitrogens with zero attached hydrogens (tertiary/aromatic N) is 4. The maximum atomic E-state index is 13.3. The lowest BCUT2D eigenvalue weighted by molar-refractivity contribution is -0.0652. The Morgan fingerprint density at radius 1 is 1.31 bits per heavy atom. The van der Waals surface area contributed by atoms with Crippen molar-refractivity contribution in [3.05, 3.63) is 23.7 Å². The fourth-order valence-corrected chi connectivity index (χ4v) is 5.28. The minimum absolute atomic E-state index is 0.114. The van der Waals surface area contributed by atoms with Crippen LogP contribution in [-0.4, -0.2) is 51.9 Å². The van der Waals surface area contributed by atoms with Crippen LogP contribution in [0.4, 0.5) is 13.2 Å². The van der Waals surface area contributed by atoms with Crippen molar-refractivity contribution in [2.75, 3.05) is 13.1 Å². The van der Waals surface area contributed by atoms with Crippen LogP contribution in [0.25, 0.3) is 0 Å². The van der Waals surface area contributed by atoms with Gasteiger partial charge in [0.15, 0.2) is 5.69 Å². The molecule has 0 bridgehead atoms. The highest BCUT2D eigenvalue weighted by Gasteiger charge is 2.44. The molecule has 3 heterocycles. The van der Waals surface area contributed by atoms with Crippen molar-refractivity contribution in [3.8, 4) is 0 Å². The van der Waals surface area contributed by atoms with E-state index in [1.54, 1.807) is 17.8 Å². The number of halogens is 3. The highest BCUT2D eigenvalue weighted by molar-refractivity contribution is 5.95. The molecule has 0 spiro atoms. The number of carbonyl (C=O) groups is 1. The lowest BCUT2D eigenvalue weighted by Gasteiger charge is -2.39. The maximum absolute atomic E-state index is 13.3. The summed E-state index contributed by atoms with van der Waals surface area (Å²) in [6, 6.07) is 0.542. The summed E-state index contributed by atoms with van der Waals surface area (Å²) in [4.78, 5) is 16.2. The lowest BCUT2D eigenvalue weighted by atomic mass is 9.75. The van der Waals surface area contributed by atoms with Gasteiger partial charge in [-0.15, -0.1) is 5.10 Å². The van der Waals surface area contributed by atoms with Crippen molar-refractivity contribution in [2.45, 2.75) is 64.7 Å². The third-order valence-electron chi connectivity index (χ3n) is 7.13. The Bertz CT molecular complexity index is 892. The molecule has 2 aliphatic heterocycles. The van der Waals surface area contributed by atoms with Crippen molar-refractivity contribution >= 4 is 11.6 Å². The average molecular weight is 453 g/mol. The van der Waals surface area contributed by atoms with E-state index in [1.807, 2.05) is 0 Å². The Morgan fingerprint density at radius 2 is 2.12 bits per heavy atom. The van der Waals surface area contributed by atoms with Gasteiger partial charge in [0.05, 0.1) is 6.20 Å². The molecule has 1 fully saturated rings. The third kappa shape index (κ3) is 5.15. The Balaban J connectivity index is 1.31. The molecular weight excluding hydrogens is 421 g/mol. The van der Waals surface area contributed by atoms with E-state index >= 15 is 0 Å². The number of hydrogen-bond acceptors (Lipinski definition) is 5. The zero-order valence-corrected chi connectivity index (χ0v) is 18.5. The molecule has 10 heteroatoms. The summed E-state index contributed by atoms with van der Waals surface area (Å²) >= 11 is 0. The second-order valence-corrected chi connectivity index (χ2v) is 9.49. The van der Waals surface area contributed by atoms with Gasteiger partial charge in [-0.05, 0) is 56.8 Å². The molecule has 4 rings (SSSR count). The summed E-state index contributed by atoms with van der Waals surface area (Å²) in [5.74, 6) is -0.471. The van der Waals surface area contributed by atoms with Crippen LogP contribution >= 0.6 is 0 Å². The van der Waals surface area contributed by atoms with Crippen molar-refractivity contribution < 1.29 is 18.0 Å². The molecular formula is C22H31F3N6O. The van der Waals surface area contributed by atoms with Crippen LogP contribution in [0.2, 0.25) is 0 Å². The van der Waals surface area contributed by atoms with Crippen LogP contribution in [0.5, 0.6) is 0 Å². The topological polar surface area (TPSA) is 84.2 Å². The molecule has 32 heavy (non-hydrogen) atoms. The molecule has 1 saturated carbocycles. The van der Waals surface area contributed by atoms with Gasteiger partial charge < -0.3 is 10.6 Å². The molecule has 2 N–H and O–H groups in total. The molecule has 1 aromatic rings. The molecule has 7 nitrogen and oxygen atoms in total. The Kier molecular flexibility index (Phi) is 6.57. The molecule has 3 aliphatic rings. The van der Waals surface area contributed by atoms with Gasteiger partial charge in [-0.25, -0.2) is 0 Å². The smallest absolute Gasteiger partial charge is 0.386 e. The van der Waals surface area contributed by atoms with E-state index in [0.29, 0.717) is 30.8 Å². The SMILES string of the molecule is CC1=CC[C@@H]2C[C@H](Cn3cc(C(=O)NC[C@H]4C(C(F)(F)F)=NCCC4C)nn3)CC[C@@H]2N1. The molecule has 0 aromatic carbocycles. The first-order valence-electron chi connectivity index (χ1n) is 11.4. The lowest BCUT2D eigenvalue weighted by Crippen LogP contribution is -2.44. The summed E-state index contributed by atoms with van der Waals surface area (Å²) in [6.07, 6.45) is 4.33. The standard InChI is InChI=1S/C22H31F3N6O/c1-13-7-8-26-20(22(23,24)25)17(13)10-27-21(32)19-12-31(30-29-19)11-15-4-6-18-16(9-15)5-3-14(2)28-18/h3,12-13,15-18,28H,4-11H2,1-2H3,(H,27,32)/t13?,15-,16-,17-,18+/m1/s1. The van der Waals surface area contributed by atoms with Crippen molar-refractivity contribution in [3.63, 3.8) is 0 Å². The van der Waals surface area contributed by atoms with Crippen LogP contribution in [-0.2, 0) is 6.54 Å². The van der Waals surface area contributed by atoms with Gasteiger partial charge in [-0.1, -0.05) is 18.2 Å². The third-order valence-corrected chi connectivity index (χ3v) is 7.13. The zero-order valence-electron chi connectivity index (χ0n) is 18.5. The average Bonchev–Trinajstić information content (AvgIpc) is 3.20. The minimum Gasteiger partial charge on any atom is -0.386 e. The van der Waals surface area contributed by atoms with Gasteiger partial charge in [0.1, 0.15) is 5.71 Å². The van der Waals surface area contributed by atoms with Crippen LogP contribution in [0.15, 0.2) is 23.0 Å². The number of alkyl halides is 3. The van der Waals surface area contributed by atoms with E-state index < -0.39 is 23.7 Å². The number of carbonyl (C=O) groups excluding carboxylic acids is 1. The fraction of sp³-hybridized carbons (Fsp3) is 0.727. The van der Waals surface area contributed by atoms with E-state index in [2.05, 4.69) is 38.9 Å². The van der Waals surface area contributed by atoms with Gasteiger partial charge in [0.2, 0.25) is 0 Å². The molecule has 1 aromatic heterocycles. The van der Waals surface area contributed by atoms with Gasteiger partial charge in [-0.3, -0.25) is 14.5 Å². The zero-order chi connectivity index (χ0) is 22.9. The van der Waals surface area contributed by atoms with Crippen LogP contribution in [0.1, 0.15) is 56.4 Å². The van der Waals surface area contributed by atoms with Gasteiger partial charge >= 0.3 is 6.18 Å². The van der Waals surface area contributed by atoms with Crippen molar-refractivity contribution in [1.82, 2.24) is 25.6 Å². The Hall–Kier alpha value is -2.39. The monoisotopic (exact) mass is 452 g/mol. The molecule has 0 saturated heterocycles. The second kappa shape index (κ2) is 9.23. The van der Waals surface area contributed by atoms with Crippen molar-refractivity contribution in [2.24, 2.45) is 28.7 Å². The Labute approximate surface area is 185 Å². The van der Waals surface area contributed by atoms with E-state index in [0.717, 1.165) is 25.7 Å². The summed E-state index contributed by atoms with van der Waals surface area (Å²) < 4.78 is 41.5. The summed E-state index contributed by atoms with van der Waals surface area (Å²) in [7, 11) is 0. The number of aliphatic imine (C=N–C) groups is 1. The predicted octanol–water partition coefficient (Wildman–Crippen LogP) is 3.35. The second-order valence-electron chi connectivity index (χ2n) is 9.49. The quantitative estimate of drug-likeness (QED) is 0.718. The van der Waals surface area contributed by atoms with Crippen molar-refractivity contribution in [1.29, 1.82) is 0 Å². The van der Waals surface area contributed by atoms with Crippen LogP contribution in [0, 0.1) is 23.7 Å². The maximum Gasteiger partial charge on any atom is 0.429 e. The molecule has 0 radical (unpaired) electrons. The largest absolute Gasteiger partial charge is 0.429 e. The molecule has 1 aliphatic carbocycles. The van der Waals surface area contributed by atoms with E-state index in [9.17, 15) is 18.0 Å². The number of amides is 1. The first kappa shape index (κ1) is 22.8. The minimum atomic E-state index is -4.48. The van der Waals surface area contributed by atoms with Gasteiger partial charge in [-0.2, -0.15) is 13.2 Å². The summed E-state index contributed by atoms with van der Waals surface area (Å²) in [6.45, 7) is 4.62. The Morgan fingerprint density at radius 3 is 2.91 bits per heavy atom. The number of allylic oxidation sites excluding steroid dienone is 2. The first-order chi connectivity index (χ1) is 15.2. The molecule has 1 unspecified atom stereocenters. The van der Waals surface area contributed by atoms with Gasteiger partial charge in [0.25, 0.3) is 5.91 Å². The number of nitrogens with one attached hydrogen (secondary N) is 2. The van der Waals surface area contributed by atoms with Crippen LogP contribution < -0.4 is 10.6 Å². The summed E-state index contributed by atoms with van der Waals surface area (Å²) in [5, 5.41) is 14.2. The highest BCUT2D eigenvalue weighted by atomic mass is 19.4. The molecule has 1 amide bonds. The number of hydrogen-bond donors (Lipinski definition) is 2. The number of aromatic nitrogens is 3.